The molecule has 1 aromatic heterocycles. The fourth-order valence-electron chi connectivity index (χ4n) is 7.33. The molecule has 14 nitrogen and oxygen atoms in total. The molecule has 1 fully saturated rings. The Labute approximate surface area is 406 Å². The summed E-state index contributed by atoms with van der Waals surface area (Å²) in [5.74, 6) is -5.75. The molecule has 0 aliphatic carbocycles. The number of carbonyl (C=O) groups is 4. The van der Waals surface area contributed by atoms with E-state index < -0.39 is 52.5 Å². The van der Waals surface area contributed by atoms with Gasteiger partial charge < -0.3 is 34.9 Å². The molecule has 67 heavy (non-hydrogen) atoms. The van der Waals surface area contributed by atoms with Crippen molar-refractivity contribution in [2.24, 2.45) is 11.3 Å². The lowest BCUT2D eigenvalue weighted by molar-refractivity contribution is -0.146. The maximum Gasteiger partial charge on any atom is 0.277 e. The van der Waals surface area contributed by atoms with Crippen LogP contribution in [0.4, 0.5) is 24.5 Å². The Morgan fingerprint density at radius 3 is 2.25 bits per heavy atom. The summed E-state index contributed by atoms with van der Waals surface area (Å²) < 4.78 is 60.3. The van der Waals surface area contributed by atoms with Crippen LogP contribution < -0.4 is 16.1 Å². The fourth-order valence-corrected chi connectivity index (χ4v) is 8.60. The topological polar surface area (TPSA) is 178 Å². The maximum absolute atomic E-state index is 14.6. The maximum atomic E-state index is 14.6. The van der Waals surface area contributed by atoms with Crippen LogP contribution in [0.3, 0.4) is 0 Å². The van der Waals surface area contributed by atoms with Crippen LogP contribution in [0.1, 0.15) is 80.9 Å². The number of benzene rings is 3. The van der Waals surface area contributed by atoms with Crippen molar-refractivity contribution >= 4 is 68.8 Å². The van der Waals surface area contributed by atoms with Gasteiger partial charge in [-0.3, -0.25) is 24.0 Å². The predicted molar refractivity (Wildman–Crippen MR) is 256 cm³/mol. The number of likely N-dealkylation sites (tertiary alicyclic amines) is 1. The number of β-amino-alcohol motifs (C(OH)–C–C–N with tert-alkyl or cyclic N) is 1. The van der Waals surface area contributed by atoms with Crippen LogP contribution >= 0.6 is 33.9 Å². The van der Waals surface area contributed by atoms with Crippen molar-refractivity contribution in [2.75, 3.05) is 58.1 Å². The molecule has 3 amide bonds. The van der Waals surface area contributed by atoms with Gasteiger partial charge in [-0.2, -0.15) is 0 Å². The molecule has 2 heterocycles. The molecule has 3 aromatic carbocycles. The zero-order valence-corrected chi connectivity index (χ0v) is 41.1. The molecule has 0 unspecified atom stereocenters. The lowest BCUT2D eigenvalue weighted by atomic mass is 9.77. The number of anilines is 2. The summed E-state index contributed by atoms with van der Waals surface area (Å²) in [7, 11) is 0. The van der Waals surface area contributed by atoms with E-state index in [4.69, 9.17) is 19.0 Å². The van der Waals surface area contributed by atoms with Crippen molar-refractivity contribution < 1.29 is 56.5 Å². The number of carbonyl (C=O) groups excluding carboxylic acids is 4. The minimum absolute atomic E-state index is 0.00516. The summed E-state index contributed by atoms with van der Waals surface area (Å²) >= 11 is 3.48. The Morgan fingerprint density at radius 2 is 1.58 bits per heavy atom. The predicted octanol–water partition coefficient (Wildman–Crippen LogP) is 8.06. The molecule has 19 heteroatoms. The molecule has 4 N–H and O–H groups in total. The minimum Gasteiger partial charge on any atom is -0.391 e. The summed E-state index contributed by atoms with van der Waals surface area (Å²) in [4.78, 5) is 65.1. The van der Waals surface area contributed by atoms with E-state index in [1.165, 1.54) is 17.0 Å². The Morgan fingerprint density at radius 1 is 0.896 bits per heavy atom. The van der Waals surface area contributed by atoms with E-state index in [0.717, 1.165) is 53.1 Å². The number of ether oxygens (including phenoxy) is 3. The number of hydroxylamine groups is 1. The Hall–Kier alpha value is -4.51. The van der Waals surface area contributed by atoms with Crippen LogP contribution in [0.5, 0.6) is 0 Å². The first-order valence-corrected chi connectivity index (χ1v) is 24.1. The molecule has 1 saturated heterocycles. The van der Waals surface area contributed by atoms with Crippen LogP contribution in [0.25, 0.3) is 10.4 Å². The second-order valence-electron chi connectivity index (χ2n) is 17.2. The lowest BCUT2D eigenvalue weighted by Gasteiger charge is -2.34. The lowest BCUT2D eigenvalue weighted by Crippen LogP contribution is -2.50. The smallest absolute Gasteiger partial charge is 0.277 e. The van der Waals surface area contributed by atoms with Crippen LogP contribution in [0.2, 0.25) is 0 Å². The van der Waals surface area contributed by atoms with E-state index in [2.05, 4.69) is 21.1 Å². The second kappa shape index (κ2) is 26.3. The quantitative estimate of drug-likeness (QED) is 0.0272. The molecule has 0 bridgehead atoms. The third kappa shape index (κ3) is 16.3. The summed E-state index contributed by atoms with van der Waals surface area (Å²) in [5.41, 5.74) is 5.42. The molecule has 1 aliphatic rings. The molecule has 4 aromatic rings. The number of nitrogens with zero attached hydrogens (tertiary/aromatic N) is 2. The average Bonchev–Trinajstić information content (AvgIpc) is 3.91. The third-order valence-corrected chi connectivity index (χ3v) is 12.7. The molecular formula is C48H59F3IN5O9S. The first-order chi connectivity index (χ1) is 32.0. The summed E-state index contributed by atoms with van der Waals surface area (Å²) in [6.07, 6.45) is 2.18. The van der Waals surface area contributed by atoms with E-state index in [0.29, 0.717) is 29.8 Å². The van der Waals surface area contributed by atoms with Gasteiger partial charge in [-0.1, -0.05) is 57.9 Å². The van der Waals surface area contributed by atoms with Crippen LogP contribution in [0.15, 0.2) is 60.1 Å². The highest BCUT2D eigenvalue weighted by Crippen LogP contribution is 2.34. The number of ketones is 1. The van der Waals surface area contributed by atoms with Crippen molar-refractivity contribution in [2.45, 2.75) is 84.9 Å². The average molecular weight is 1070 g/mol. The van der Waals surface area contributed by atoms with Gasteiger partial charge in [-0.15, -0.1) is 11.3 Å². The van der Waals surface area contributed by atoms with Gasteiger partial charge in [-0.05, 0) is 89.2 Å². The number of halogens is 4. The number of aliphatic hydroxyl groups is 1. The number of Topliss-reactive ketones (excluding diaryl/α,β-unsaturated/α-hetero) is 1. The number of hydrogen-bond acceptors (Lipinski definition) is 12. The monoisotopic (exact) mass is 1070 g/mol. The van der Waals surface area contributed by atoms with Crippen molar-refractivity contribution in [3.63, 3.8) is 0 Å². The van der Waals surface area contributed by atoms with Gasteiger partial charge in [0.15, 0.2) is 17.4 Å². The van der Waals surface area contributed by atoms with E-state index in [9.17, 15) is 37.5 Å². The molecule has 5 rings (SSSR count). The fraction of sp³-hybridized carbons (Fsp3) is 0.479. The Kier molecular flexibility index (Phi) is 21.0. The number of amides is 3. The SMILES string of the molecule is Cc1ncsc1-c1ccc(CNC(=O)[C@@H]2C[C@@H](O)CN2C(=O)[C@@H](CC(=O)COCCOCCOCCCCCCONC(=O)c2ccc(F)c(F)c2Nc2ccc(I)cc2F)C(C)(C)C)cc1. The highest BCUT2D eigenvalue weighted by atomic mass is 127. The zero-order valence-electron chi connectivity index (χ0n) is 38.1. The number of rotatable bonds is 26. The number of aromatic nitrogens is 1. The normalized spacial score (nSPS) is 15.4. The molecule has 0 radical (unpaired) electrons. The van der Waals surface area contributed by atoms with Crippen LogP contribution in [-0.2, 0) is 40.0 Å². The van der Waals surface area contributed by atoms with Gasteiger partial charge in [0.2, 0.25) is 11.8 Å². The summed E-state index contributed by atoms with van der Waals surface area (Å²) in [5, 5.41) is 15.9. The Balaban J connectivity index is 0.900. The number of aryl methyl sites for hydroxylation is 1. The Bertz CT molecular complexity index is 2280. The number of nitrogens with one attached hydrogen (secondary N) is 3. The second-order valence-corrected chi connectivity index (χ2v) is 19.3. The molecule has 0 saturated carbocycles. The van der Waals surface area contributed by atoms with Gasteiger partial charge >= 0.3 is 0 Å². The highest BCUT2D eigenvalue weighted by molar-refractivity contribution is 14.1. The van der Waals surface area contributed by atoms with Gasteiger partial charge in [0.1, 0.15) is 18.5 Å². The molecule has 0 spiro atoms. The van der Waals surface area contributed by atoms with Gasteiger partial charge in [-0.25, -0.2) is 23.6 Å². The molecule has 1 aliphatic heterocycles. The van der Waals surface area contributed by atoms with E-state index in [1.54, 1.807) is 22.9 Å². The number of hydrogen-bond donors (Lipinski definition) is 4. The third-order valence-electron chi connectivity index (χ3n) is 11.1. The van der Waals surface area contributed by atoms with E-state index in [1.807, 2.05) is 74.6 Å². The van der Waals surface area contributed by atoms with Crippen molar-refractivity contribution in [3.8, 4) is 10.4 Å². The van der Waals surface area contributed by atoms with E-state index >= 15 is 0 Å². The van der Waals surface area contributed by atoms with Crippen molar-refractivity contribution in [1.82, 2.24) is 20.7 Å². The minimum atomic E-state index is -1.33. The highest BCUT2D eigenvalue weighted by Gasteiger charge is 2.44. The first-order valence-electron chi connectivity index (χ1n) is 22.2. The number of unbranched alkanes of at least 4 members (excludes halogenated alkanes) is 3. The number of thiazole rings is 1. The zero-order chi connectivity index (χ0) is 48.5. The molecule has 364 valence electrons. The number of aliphatic hydroxyl groups excluding tert-OH is 1. The van der Waals surface area contributed by atoms with Crippen LogP contribution in [0, 0.1) is 39.3 Å². The van der Waals surface area contributed by atoms with Crippen LogP contribution in [-0.4, -0.2) is 103 Å². The standard InChI is InChI=1S/C48H59F3IN5O9S/c1-30-44(67-29-54-30)32-11-9-31(10-12-32)26-53-46(61)41-25-34(58)27-57(41)47(62)37(48(2,3)4)24-35(59)28-65-22-21-64-20-19-63-17-7-5-6-8-18-66-56-45(60)36-14-15-38(49)42(51)43(36)55-40-16-13-33(52)23-39(40)50/h9-16,23,29,34,37,41,55,58H,5-8,17-22,24-28H2,1-4H3,(H,53,61)(H,56,60)/t34-,37-,41+/m1/s1. The molecule has 3 atom stereocenters. The van der Waals surface area contributed by atoms with E-state index in [-0.39, 0.29) is 81.2 Å². The van der Waals surface area contributed by atoms with Gasteiger partial charge in [0, 0.05) is 42.0 Å². The first kappa shape index (κ1) is 53.4. The summed E-state index contributed by atoms with van der Waals surface area (Å²) in [6, 6.07) is 13.0. The van der Waals surface area contributed by atoms with Crippen molar-refractivity contribution in [1.29, 1.82) is 0 Å². The van der Waals surface area contributed by atoms with Gasteiger partial charge in [0.25, 0.3) is 5.91 Å². The molecular weight excluding hydrogens is 1010 g/mol. The van der Waals surface area contributed by atoms with Gasteiger partial charge in [0.05, 0.1) is 72.2 Å². The van der Waals surface area contributed by atoms with Crippen molar-refractivity contribution in [3.05, 3.63) is 98.0 Å². The largest absolute Gasteiger partial charge is 0.391 e. The summed E-state index contributed by atoms with van der Waals surface area (Å²) in [6.45, 7) is 9.43.